The lowest BCUT2D eigenvalue weighted by Gasteiger charge is -2.06. The van der Waals surface area contributed by atoms with Gasteiger partial charge < -0.3 is 15.6 Å². The van der Waals surface area contributed by atoms with Gasteiger partial charge in [-0.15, -0.1) is 10.2 Å². The van der Waals surface area contributed by atoms with Gasteiger partial charge in [0.25, 0.3) is 5.91 Å². The van der Waals surface area contributed by atoms with Crippen LogP contribution in [0, 0.1) is 0 Å². The summed E-state index contributed by atoms with van der Waals surface area (Å²) in [5.74, 6) is 0.744. The Hall–Kier alpha value is -2.21. The average molecular weight is 259 g/mol. The Morgan fingerprint density at radius 1 is 1.47 bits per heavy atom. The molecule has 6 heteroatoms. The number of carbonyl (C=O) groups excluding carboxylic acids is 1. The topological polar surface area (TPSA) is 85.8 Å². The van der Waals surface area contributed by atoms with Crippen LogP contribution in [0.5, 0.6) is 0 Å². The van der Waals surface area contributed by atoms with Crippen molar-refractivity contribution >= 4 is 5.91 Å². The van der Waals surface area contributed by atoms with Crippen LogP contribution < -0.4 is 11.1 Å². The first-order valence-corrected chi connectivity index (χ1v) is 6.11. The third kappa shape index (κ3) is 3.38. The van der Waals surface area contributed by atoms with E-state index in [0.29, 0.717) is 25.1 Å². The van der Waals surface area contributed by atoms with Crippen LogP contribution >= 0.6 is 0 Å². The fourth-order valence-electron chi connectivity index (χ4n) is 1.76. The zero-order valence-electron chi connectivity index (χ0n) is 10.8. The van der Waals surface area contributed by atoms with Crippen LogP contribution in [0.4, 0.5) is 0 Å². The average Bonchev–Trinajstić information content (AvgIpc) is 2.84. The lowest BCUT2D eigenvalue weighted by Crippen LogP contribution is -2.26. The molecule has 0 saturated heterocycles. The summed E-state index contributed by atoms with van der Waals surface area (Å²) in [6, 6.07) is 7.31. The molecule has 2 aromatic rings. The van der Waals surface area contributed by atoms with E-state index in [0.717, 1.165) is 11.4 Å². The molecule has 0 bridgehead atoms. The van der Waals surface area contributed by atoms with E-state index in [-0.39, 0.29) is 5.91 Å². The van der Waals surface area contributed by atoms with Crippen molar-refractivity contribution in [2.24, 2.45) is 12.8 Å². The lowest BCUT2D eigenvalue weighted by atomic mass is 10.1. The monoisotopic (exact) mass is 259 g/mol. The van der Waals surface area contributed by atoms with E-state index in [1.165, 1.54) is 0 Å². The standard InChI is InChI=1S/C13H17N5O/c1-18-9-16-17-12(18)5-6-15-13(19)11-4-2-3-10(7-11)8-14/h2-4,7,9H,5-6,8,14H2,1H3,(H,15,19). The molecule has 0 saturated carbocycles. The largest absolute Gasteiger partial charge is 0.352 e. The molecule has 3 N–H and O–H groups in total. The maximum Gasteiger partial charge on any atom is 0.251 e. The highest BCUT2D eigenvalue weighted by Crippen LogP contribution is 2.04. The molecule has 1 heterocycles. The molecular weight excluding hydrogens is 242 g/mol. The van der Waals surface area contributed by atoms with Crippen molar-refractivity contribution in [3.63, 3.8) is 0 Å². The minimum absolute atomic E-state index is 0.0996. The van der Waals surface area contributed by atoms with Gasteiger partial charge in [0.05, 0.1) is 0 Å². The van der Waals surface area contributed by atoms with Crippen LogP contribution in [0.15, 0.2) is 30.6 Å². The number of hydrogen-bond donors (Lipinski definition) is 2. The first kappa shape index (κ1) is 13.2. The number of aryl methyl sites for hydroxylation is 1. The van der Waals surface area contributed by atoms with E-state index >= 15 is 0 Å². The molecule has 0 radical (unpaired) electrons. The van der Waals surface area contributed by atoms with E-state index < -0.39 is 0 Å². The first-order chi connectivity index (χ1) is 9.20. The molecule has 0 atom stereocenters. The van der Waals surface area contributed by atoms with E-state index in [2.05, 4.69) is 15.5 Å². The predicted octanol–water partition coefficient (Wildman–Crippen LogP) is 0.246. The van der Waals surface area contributed by atoms with Crippen LogP contribution in [0.25, 0.3) is 0 Å². The van der Waals surface area contributed by atoms with Crippen LogP contribution in [0.1, 0.15) is 21.7 Å². The molecular formula is C13H17N5O. The van der Waals surface area contributed by atoms with Gasteiger partial charge in [0.15, 0.2) is 0 Å². The molecule has 100 valence electrons. The summed E-state index contributed by atoms with van der Waals surface area (Å²) in [4.78, 5) is 11.9. The quantitative estimate of drug-likeness (QED) is 0.805. The van der Waals surface area contributed by atoms with Gasteiger partial charge in [-0.1, -0.05) is 12.1 Å². The van der Waals surface area contributed by atoms with Crippen LogP contribution in [0.3, 0.4) is 0 Å². The number of nitrogens with zero attached hydrogens (tertiary/aromatic N) is 3. The Morgan fingerprint density at radius 3 is 3.00 bits per heavy atom. The Labute approximate surface area is 111 Å². The summed E-state index contributed by atoms with van der Waals surface area (Å²) in [5.41, 5.74) is 7.12. The molecule has 19 heavy (non-hydrogen) atoms. The highest BCUT2D eigenvalue weighted by Gasteiger charge is 2.06. The van der Waals surface area contributed by atoms with Gasteiger partial charge in [-0.2, -0.15) is 0 Å². The van der Waals surface area contributed by atoms with Crippen molar-refractivity contribution in [2.75, 3.05) is 6.54 Å². The van der Waals surface area contributed by atoms with Crippen molar-refractivity contribution in [1.29, 1.82) is 0 Å². The minimum Gasteiger partial charge on any atom is -0.352 e. The first-order valence-electron chi connectivity index (χ1n) is 6.11. The lowest BCUT2D eigenvalue weighted by molar-refractivity contribution is 0.0954. The number of carbonyl (C=O) groups is 1. The predicted molar refractivity (Wildman–Crippen MR) is 71.4 cm³/mol. The molecule has 1 aromatic heterocycles. The smallest absolute Gasteiger partial charge is 0.251 e. The normalized spacial score (nSPS) is 10.4. The molecule has 0 fully saturated rings. The maximum absolute atomic E-state index is 11.9. The van der Waals surface area contributed by atoms with Crippen molar-refractivity contribution in [3.05, 3.63) is 47.5 Å². The second kappa shape index (κ2) is 6.10. The number of amides is 1. The number of aromatic nitrogens is 3. The van der Waals surface area contributed by atoms with Gasteiger partial charge >= 0.3 is 0 Å². The van der Waals surface area contributed by atoms with E-state index in [4.69, 9.17) is 5.73 Å². The Morgan fingerprint density at radius 2 is 2.32 bits per heavy atom. The highest BCUT2D eigenvalue weighted by molar-refractivity contribution is 5.94. The van der Waals surface area contributed by atoms with Gasteiger partial charge in [0.2, 0.25) is 0 Å². The van der Waals surface area contributed by atoms with Crippen molar-refractivity contribution in [3.8, 4) is 0 Å². The number of benzene rings is 1. The summed E-state index contributed by atoms with van der Waals surface area (Å²) in [7, 11) is 1.88. The minimum atomic E-state index is -0.0996. The van der Waals surface area contributed by atoms with Gasteiger partial charge in [-0.05, 0) is 17.7 Å². The maximum atomic E-state index is 11.9. The van der Waals surface area contributed by atoms with E-state index in [1.807, 2.05) is 23.7 Å². The Balaban J connectivity index is 1.89. The summed E-state index contributed by atoms with van der Waals surface area (Å²) < 4.78 is 1.83. The SMILES string of the molecule is Cn1cnnc1CCNC(=O)c1cccc(CN)c1. The van der Waals surface area contributed by atoms with Crippen molar-refractivity contribution in [2.45, 2.75) is 13.0 Å². The molecule has 0 aliphatic rings. The molecule has 0 spiro atoms. The fourth-order valence-corrected chi connectivity index (χ4v) is 1.76. The summed E-state index contributed by atoms with van der Waals surface area (Å²) in [6.07, 6.45) is 2.29. The number of rotatable bonds is 5. The van der Waals surface area contributed by atoms with Crippen molar-refractivity contribution in [1.82, 2.24) is 20.1 Å². The van der Waals surface area contributed by atoms with Crippen molar-refractivity contribution < 1.29 is 4.79 Å². The number of nitrogens with two attached hydrogens (primary N) is 1. The Bertz CT molecular complexity index is 564. The van der Waals surface area contributed by atoms with Crippen LogP contribution in [-0.4, -0.2) is 27.2 Å². The van der Waals surface area contributed by atoms with Crippen LogP contribution in [-0.2, 0) is 20.0 Å². The molecule has 0 aliphatic heterocycles. The molecule has 2 rings (SSSR count). The fraction of sp³-hybridized carbons (Fsp3) is 0.308. The van der Waals surface area contributed by atoms with E-state index in [9.17, 15) is 4.79 Å². The van der Waals surface area contributed by atoms with Gasteiger partial charge in [-0.3, -0.25) is 4.79 Å². The third-order valence-electron chi connectivity index (χ3n) is 2.86. The zero-order valence-corrected chi connectivity index (χ0v) is 10.8. The van der Waals surface area contributed by atoms with Crippen LogP contribution in [0.2, 0.25) is 0 Å². The Kier molecular flexibility index (Phi) is 4.25. The molecule has 1 amide bonds. The molecule has 1 aromatic carbocycles. The summed E-state index contributed by atoms with van der Waals surface area (Å²) in [6.45, 7) is 0.957. The van der Waals surface area contributed by atoms with Gasteiger partial charge in [-0.25, -0.2) is 0 Å². The molecule has 0 aliphatic carbocycles. The second-order valence-electron chi connectivity index (χ2n) is 4.27. The second-order valence-corrected chi connectivity index (χ2v) is 4.27. The highest BCUT2D eigenvalue weighted by atomic mass is 16.1. The number of nitrogens with one attached hydrogen (secondary N) is 1. The van der Waals surface area contributed by atoms with Gasteiger partial charge in [0, 0.05) is 32.1 Å². The molecule has 6 nitrogen and oxygen atoms in total. The van der Waals surface area contributed by atoms with E-state index in [1.54, 1.807) is 18.5 Å². The molecule has 0 unspecified atom stereocenters. The zero-order chi connectivity index (χ0) is 13.7. The van der Waals surface area contributed by atoms with Gasteiger partial charge in [0.1, 0.15) is 12.2 Å². The number of hydrogen-bond acceptors (Lipinski definition) is 4. The summed E-state index contributed by atoms with van der Waals surface area (Å²) >= 11 is 0. The third-order valence-corrected chi connectivity index (χ3v) is 2.86. The summed E-state index contributed by atoms with van der Waals surface area (Å²) in [5, 5.41) is 10.6.